The van der Waals surface area contributed by atoms with Crippen LogP contribution in [0.5, 0.6) is 5.75 Å². The van der Waals surface area contributed by atoms with Crippen molar-refractivity contribution in [2.75, 3.05) is 6.54 Å². The standard InChI is InChI=1S/C17H20FNO/c1-2-10-19-12-15-4-3-5-17(11-15)20-13-14-6-8-16(18)9-7-14/h3-9,11,19H,2,10,12-13H2,1H3. The molecule has 20 heavy (non-hydrogen) atoms. The zero-order chi connectivity index (χ0) is 14.2. The Bertz CT molecular complexity index is 525. The second-order valence-corrected chi connectivity index (χ2v) is 4.74. The van der Waals surface area contributed by atoms with Crippen LogP contribution in [0, 0.1) is 5.82 Å². The number of nitrogens with one attached hydrogen (secondary N) is 1. The predicted molar refractivity (Wildman–Crippen MR) is 79.2 cm³/mol. The van der Waals surface area contributed by atoms with Gasteiger partial charge in [-0.3, -0.25) is 0 Å². The van der Waals surface area contributed by atoms with Gasteiger partial charge in [0.25, 0.3) is 0 Å². The van der Waals surface area contributed by atoms with Crippen molar-refractivity contribution in [3.05, 3.63) is 65.5 Å². The summed E-state index contributed by atoms with van der Waals surface area (Å²) < 4.78 is 18.5. The molecule has 0 amide bonds. The summed E-state index contributed by atoms with van der Waals surface area (Å²) in [5, 5.41) is 3.36. The van der Waals surface area contributed by atoms with Gasteiger partial charge in [0.1, 0.15) is 18.2 Å². The molecule has 2 aromatic rings. The van der Waals surface area contributed by atoms with Crippen molar-refractivity contribution in [3.8, 4) is 5.75 Å². The molecule has 0 atom stereocenters. The number of halogens is 1. The second kappa shape index (κ2) is 7.65. The van der Waals surface area contributed by atoms with Crippen LogP contribution in [0.15, 0.2) is 48.5 Å². The maximum Gasteiger partial charge on any atom is 0.123 e. The number of hydrogen-bond acceptors (Lipinski definition) is 2. The molecule has 2 nitrogen and oxygen atoms in total. The minimum Gasteiger partial charge on any atom is -0.489 e. The summed E-state index contributed by atoms with van der Waals surface area (Å²) in [5.41, 5.74) is 2.16. The third-order valence-electron chi connectivity index (χ3n) is 2.97. The van der Waals surface area contributed by atoms with Gasteiger partial charge >= 0.3 is 0 Å². The lowest BCUT2D eigenvalue weighted by Crippen LogP contribution is -2.13. The van der Waals surface area contributed by atoms with Crippen molar-refractivity contribution in [3.63, 3.8) is 0 Å². The van der Waals surface area contributed by atoms with Gasteiger partial charge in [0.2, 0.25) is 0 Å². The highest BCUT2D eigenvalue weighted by Gasteiger charge is 1.99. The largest absolute Gasteiger partial charge is 0.489 e. The Hall–Kier alpha value is -1.87. The Morgan fingerprint density at radius 2 is 1.85 bits per heavy atom. The molecule has 0 fully saturated rings. The molecule has 0 bridgehead atoms. The quantitative estimate of drug-likeness (QED) is 0.772. The van der Waals surface area contributed by atoms with E-state index < -0.39 is 0 Å². The predicted octanol–water partition coefficient (Wildman–Crippen LogP) is 3.90. The van der Waals surface area contributed by atoms with Crippen molar-refractivity contribution >= 4 is 0 Å². The van der Waals surface area contributed by atoms with Crippen LogP contribution in [-0.2, 0) is 13.2 Å². The monoisotopic (exact) mass is 273 g/mol. The fourth-order valence-electron chi connectivity index (χ4n) is 1.90. The highest BCUT2D eigenvalue weighted by atomic mass is 19.1. The topological polar surface area (TPSA) is 21.3 Å². The second-order valence-electron chi connectivity index (χ2n) is 4.74. The van der Waals surface area contributed by atoms with Crippen molar-refractivity contribution < 1.29 is 9.13 Å². The molecule has 2 rings (SSSR count). The van der Waals surface area contributed by atoms with E-state index in [1.807, 2.05) is 18.2 Å². The first-order valence-electron chi connectivity index (χ1n) is 6.95. The van der Waals surface area contributed by atoms with Gasteiger partial charge in [-0.15, -0.1) is 0 Å². The van der Waals surface area contributed by atoms with E-state index in [1.54, 1.807) is 12.1 Å². The van der Waals surface area contributed by atoms with Crippen LogP contribution < -0.4 is 10.1 Å². The van der Waals surface area contributed by atoms with Crippen LogP contribution in [0.25, 0.3) is 0 Å². The lowest BCUT2D eigenvalue weighted by Gasteiger charge is -2.09. The average Bonchev–Trinajstić information content (AvgIpc) is 2.47. The van der Waals surface area contributed by atoms with Gasteiger partial charge in [-0.2, -0.15) is 0 Å². The zero-order valence-corrected chi connectivity index (χ0v) is 11.7. The van der Waals surface area contributed by atoms with E-state index >= 15 is 0 Å². The summed E-state index contributed by atoms with van der Waals surface area (Å²) in [6, 6.07) is 14.4. The third kappa shape index (κ3) is 4.67. The van der Waals surface area contributed by atoms with Crippen molar-refractivity contribution in [2.45, 2.75) is 26.5 Å². The van der Waals surface area contributed by atoms with E-state index in [4.69, 9.17) is 4.74 Å². The van der Waals surface area contributed by atoms with Crippen LogP contribution in [0.3, 0.4) is 0 Å². The molecule has 0 heterocycles. The maximum atomic E-state index is 12.8. The van der Waals surface area contributed by atoms with E-state index in [0.29, 0.717) is 6.61 Å². The summed E-state index contributed by atoms with van der Waals surface area (Å²) in [5.74, 6) is 0.614. The maximum absolute atomic E-state index is 12.8. The Morgan fingerprint density at radius 3 is 2.60 bits per heavy atom. The molecular weight excluding hydrogens is 253 g/mol. The molecule has 3 heteroatoms. The minimum absolute atomic E-state index is 0.224. The Balaban J connectivity index is 1.89. The zero-order valence-electron chi connectivity index (χ0n) is 11.7. The van der Waals surface area contributed by atoms with Crippen LogP contribution >= 0.6 is 0 Å². The van der Waals surface area contributed by atoms with Gasteiger partial charge in [-0.05, 0) is 48.4 Å². The molecule has 1 N–H and O–H groups in total. The van der Waals surface area contributed by atoms with E-state index in [1.165, 1.54) is 17.7 Å². The van der Waals surface area contributed by atoms with Crippen LogP contribution in [0.2, 0.25) is 0 Å². The molecule has 0 spiro atoms. The molecule has 106 valence electrons. The van der Waals surface area contributed by atoms with Gasteiger partial charge in [-0.25, -0.2) is 4.39 Å². The molecule has 0 saturated heterocycles. The summed E-state index contributed by atoms with van der Waals surface area (Å²) in [7, 11) is 0. The van der Waals surface area contributed by atoms with Crippen LogP contribution in [-0.4, -0.2) is 6.54 Å². The number of rotatable bonds is 7. The Morgan fingerprint density at radius 1 is 1.05 bits per heavy atom. The van der Waals surface area contributed by atoms with Gasteiger partial charge in [0.15, 0.2) is 0 Å². The van der Waals surface area contributed by atoms with E-state index in [0.717, 1.165) is 30.8 Å². The van der Waals surface area contributed by atoms with E-state index in [2.05, 4.69) is 18.3 Å². The molecule has 0 unspecified atom stereocenters. The SMILES string of the molecule is CCCNCc1cccc(OCc2ccc(F)cc2)c1. The molecule has 0 aliphatic carbocycles. The third-order valence-corrected chi connectivity index (χ3v) is 2.97. The average molecular weight is 273 g/mol. The highest BCUT2D eigenvalue weighted by molar-refractivity contribution is 5.29. The number of ether oxygens (including phenoxy) is 1. The van der Waals surface area contributed by atoms with Crippen LogP contribution in [0.4, 0.5) is 4.39 Å². The molecule has 0 radical (unpaired) electrons. The van der Waals surface area contributed by atoms with Gasteiger partial charge in [0.05, 0.1) is 0 Å². The minimum atomic E-state index is -0.224. The first kappa shape index (κ1) is 14.5. The lowest BCUT2D eigenvalue weighted by atomic mass is 10.2. The number of benzene rings is 2. The molecular formula is C17H20FNO. The molecule has 0 aromatic heterocycles. The Labute approximate surface area is 119 Å². The highest BCUT2D eigenvalue weighted by Crippen LogP contribution is 2.15. The normalized spacial score (nSPS) is 10.5. The van der Waals surface area contributed by atoms with Crippen LogP contribution in [0.1, 0.15) is 24.5 Å². The van der Waals surface area contributed by atoms with Gasteiger partial charge in [0, 0.05) is 6.54 Å². The van der Waals surface area contributed by atoms with Crippen molar-refractivity contribution in [1.29, 1.82) is 0 Å². The number of hydrogen-bond donors (Lipinski definition) is 1. The van der Waals surface area contributed by atoms with Crippen molar-refractivity contribution in [1.82, 2.24) is 5.32 Å². The molecule has 0 aliphatic heterocycles. The summed E-state index contributed by atoms with van der Waals surface area (Å²) in [4.78, 5) is 0. The Kier molecular flexibility index (Phi) is 5.56. The summed E-state index contributed by atoms with van der Waals surface area (Å²) >= 11 is 0. The fourth-order valence-corrected chi connectivity index (χ4v) is 1.90. The van der Waals surface area contributed by atoms with Gasteiger partial charge in [-0.1, -0.05) is 31.2 Å². The molecule has 2 aromatic carbocycles. The molecule has 0 saturated carbocycles. The first-order valence-corrected chi connectivity index (χ1v) is 6.95. The summed E-state index contributed by atoms with van der Waals surface area (Å²) in [6.07, 6.45) is 1.13. The van der Waals surface area contributed by atoms with E-state index in [-0.39, 0.29) is 5.82 Å². The molecule has 0 aliphatic rings. The first-order chi connectivity index (χ1) is 9.78. The van der Waals surface area contributed by atoms with Crippen molar-refractivity contribution in [2.24, 2.45) is 0 Å². The lowest BCUT2D eigenvalue weighted by molar-refractivity contribution is 0.305. The van der Waals surface area contributed by atoms with Gasteiger partial charge < -0.3 is 10.1 Å². The fraction of sp³-hybridized carbons (Fsp3) is 0.294. The summed E-state index contributed by atoms with van der Waals surface area (Å²) in [6.45, 7) is 4.46. The van der Waals surface area contributed by atoms with E-state index in [9.17, 15) is 4.39 Å². The smallest absolute Gasteiger partial charge is 0.123 e.